The summed E-state index contributed by atoms with van der Waals surface area (Å²) in [5.41, 5.74) is 6.66. The van der Waals surface area contributed by atoms with Gasteiger partial charge in [0, 0.05) is 34.0 Å². The number of aromatic nitrogens is 1. The molecule has 6 aliphatic rings. The molecule has 1 aromatic heterocycles. The molecule has 0 fully saturated rings. The fourth-order valence-corrected chi connectivity index (χ4v) is 7.56. The molecule has 1 N–H and O–H groups in total. The number of rotatable bonds is 2. The summed E-state index contributed by atoms with van der Waals surface area (Å²) in [5.74, 6) is 5.12. The smallest absolute Gasteiger partial charge is 0.297 e. The highest BCUT2D eigenvalue weighted by Gasteiger charge is 2.66. The molecule has 43 heavy (non-hydrogen) atoms. The zero-order valence-electron chi connectivity index (χ0n) is 23.8. The highest BCUT2D eigenvalue weighted by atomic mass is 15.7. The van der Waals surface area contributed by atoms with E-state index in [1.807, 2.05) is 0 Å². The van der Waals surface area contributed by atoms with Crippen molar-refractivity contribution < 1.29 is 4.58 Å². The third kappa shape index (κ3) is 2.65. The van der Waals surface area contributed by atoms with Crippen LogP contribution in [0.2, 0.25) is 0 Å². The predicted molar refractivity (Wildman–Crippen MR) is 170 cm³/mol. The Hall–Kier alpha value is -5.37. The van der Waals surface area contributed by atoms with Gasteiger partial charge in [0.2, 0.25) is 11.7 Å². The molecule has 0 unspecified atom stereocenters. The van der Waals surface area contributed by atoms with Gasteiger partial charge in [0.15, 0.2) is 5.82 Å². The van der Waals surface area contributed by atoms with E-state index < -0.39 is 5.91 Å². The van der Waals surface area contributed by atoms with Gasteiger partial charge < -0.3 is 0 Å². The maximum atomic E-state index is 5.43. The normalized spacial score (nSPS) is 23.0. The van der Waals surface area contributed by atoms with Gasteiger partial charge in [-0.1, -0.05) is 70.7 Å². The van der Waals surface area contributed by atoms with Gasteiger partial charge in [-0.15, -0.1) is 0 Å². The standard InChI is InChI=1S/C35H26N8/c1-3-36-29-22-14-6-7-15-23(22)31-38-33-26-18-10-11-19-27(26)34-39-32-25-17-9-8-16-24(25)30-37-28(21-13-5-4-12-20(21)2)40-35(41(29)31,42(30)32)43(33)34/h6-19H,3-5H2,1-2H3/p+1/t35-/m1/s1. The van der Waals surface area contributed by atoms with Crippen molar-refractivity contribution >= 4 is 51.6 Å². The number of nitrogens with zero attached hydrogens (tertiary/aromatic N) is 7. The molecule has 4 aromatic rings. The van der Waals surface area contributed by atoms with E-state index in [0.29, 0.717) is 6.54 Å². The Labute approximate surface area is 248 Å². The third-order valence-electron chi connectivity index (χ3n) is 9.31. The van der Waals surface area contributed by atoms with Gasteiger partial charge in [-0.05, 0) is 56.5 Å². The van der Waals surface area contributed by atoms with E-state index in [-0.39, 0.29) is 0 Å². The lowest BCUT2D eigenvalue weighted by atomic mass is 9.97. The first-order chi connectivity index (χ1) is 21.2. The van der Waals surface area contributed by atoms with Crippen molar-refractivity contribution in [2.24, 2.45) is 20.0 Å². The fourth-order valence-electron chi connectivity index (χ4n) is 7.56. The lowest BCUT2D eigenvalue weighted by molar-refractivity contribution is -0.576. The number of fused-ring (bicyclic) bond motifs is 9. The number of amidine groups is 5. The quantitative estimate of drug-likeness (QED) is 0.310. The van der Waals surface area contributed by atoms with Crippen LogP contribution in [-0.2, 0) is 5.91 Å². The van der Waals surface area contributed by atoms with Crippen LogP contribution in [0.15, 0.2) is 116 Å². The first kappa shape index (κ1) is 23.2. The van der Waals surface area contributed by atoms with Crippen molar-refractivity contribution in [1.82, 2.24) is 14.8 Å². The lowest BCUT2D eigenvalue weighted by Gasteiger charge is -2.47. The van der Waals surface area contributed by atoms with Crippen molar-refractivity contribution in [3.63, 3.8) is 0 Å². The molecule has 0 saturated heterocycles. The molecule has 0 radical (unpaired) electrons. The van der Waals surface area contributed by atoms with Crippen LogP contribution in [-0.4, -0.2) is 49.8 Å². The average Bonchev–Trinajstić information content (AvgIpc) is 3.66. The summed E-state index contributed by atoms with van der Waals surface area (Å²) in [6.07, 6.45) is 6.66. The second kappa shape index (κ2) is 7.92. The Bertz CT molecular complexity index is 2220. The molecule has 0 amide bonds. The summed E-state index contributed by atoms with van der Waals surface area (Å²) >= 11 is 0. The molecular formula is C35H27N8+. The molecule has 0 saturated carbocycles. The Kier molecular flexibility index (Phi) is 4.28. The van der Waals surface area contributed by atoms with Crippen LogP contribution >= 0.6 is 0 Å². The van der Waals surface area contributed by atoms with E-state index in [0.717, 1.165) is 92.3 Å². The van der Waals surface area contributed by atoms with Crippen LogP contribution in [0, 0.1) is 0 Å². The van der Waals surface area contributed by atoms with Crippen molar-refractivity contribution in [2.75, 3.05) is 6.54 Å². The minimum absolute atomic E-state index is 0.641. The second-order valence-electron chi connectivity index (χ2n) is 11.6. The largest absolute Gasteiger partial charge is 0.347 e. The fraction of sp³-hybridized carbons (Fsp3) is 0.171. The molecule has 5 aliphatic heterocycles. The van der Waals surface area contributed by atoms with Crippen molar-refractivity contribution in [1.29, 1.82) is 0 Å². The molecule has 3 aromatic carbocycles. The van der Waals surface area contributed by atoms with Crippen LogP contribution in [0.4, 0.5) is 11.6 Å². The monoisotopic (exact) mass is 559 g/mol. The maximum Gasteiger partial charge on any atom is 0.347 e. The molecule has 1 atom stereocenters. The summed E-state index contributed by atoms with van der Waals surface area (Å²) < 4.78 is 4.56. The SMILES string of the molecule is CCN=C1c2ccccc2C2=NC3=[N+]4C(=Nc5c6ccccc6c6n5[C@@]4(NC(C4=CCCC=C4C)=N6)N12)c1ccccc13. The Morgan fingerprint density at radius 1 is 0.814 bits per heavy atom. The van der Waals surface area contributed by atoms with Crippen molar-refractivity contribution in [3.8, 4) is 0 Å². The minimum Gasteiger partial charge on any atom is -0.297 e. The van der Waals surface area contributed by atoms with Crippen LogP contribution in [0.1, 0.15) is 48.9 Å². The van der Waals surface area contributed by atoms with E-state index in [1.54, 1.807) is 0 Å². The van der Waals surface area contributed by atoms with Crippen molar-refractivity contribution in [2.45, 2.75) is 32.6 Å². The molecule has 1 aliphatic carbocycles. The van der Waals surface area contributed by atoms with Crippen LogP contribution < -0.4 is 5.32 Å². The van der Waals surface area contributed by atoms with Gasteiger partial charge in [-0.2, -0.15) is 4.58 Å². The van der Waals surface area contributed by atoms with Crippen LogP contribution in [0.25, 0.3) is 10.8 Å². The lowest BCUT2D eigenvalue weighted by Crippen LogP contribution is -2.73. The van der Waals surface area contributed by atoms with E-state index in [1.165, 1.54) is 5.57 Å². The van der Waals surface area contributed by atoms with E-state index in [2.05, 4.69) is 118 Å². The second-order valence-corrected chi connectivity index (χ2v) is 11.6. The number of allylic oxidation sites excluding steroid dienone is 2. The zero-order valence-corrected chi connectivity index (χ0v) is 23.8. The number of hydrogen-bond donors (Lipinski definition) is 1. The number of benzene rings is 3. The zero-order chi connectivity index (χ0) is 28.4. The molecule has 6 heterocycles. The van der Waals surface area contributed by atoms with Crippen molar-refractivity contribution in [3.05, 3.63) is 118 Å². The molecular weight excluding hydrogens is 532 g/mol. The first-order valence-corrected chi connectivity index (χ1v) is 15.0. The summed E-state index contributed by atoms with van der Waals surface area (Å²) in [6, 6.07) is 25.5. The summed E-state index contributed by atoms with van der Waals surface area (Å²) in [6.45, 7) is 4.92. The maximum absolute atomic E-state index is 5.43. The minimum atomic E-state index is -1.01. The van der Waals surface area contributed by atoms with E-state index in [9.17, 15) is 0 Å². The first-order valence-electron chi connectivity index (χ1n) is 15.0. The predicted octanol–water partition coefficient (Wildman–Crippen LogP) is 5.92. The Balaban J connectivity index is 1.40. The van der Waals surface area contributed by atoms with Gasteiger partial charge in [0.25, 0.3) is 11.7 Å². The number of nitrogens with one attached hydrogen (secondary N) is 1. The topological polar surface area (TPSA) is 72.6 Å². The van der Waals surface area contributed by atoms with Gasteiger partial charge >= 0.3 is 5.91 Å². The molecule has 8 heteroatoms. The summed E-state index contributed by atoms with van der Waals surface area (Å²) in [4.78, 5) is 23.7. The van der Waals surface area contributed by atoms with Gasteiger partial charge in [0.1, 0.15) is 11.7 Å². The van der Waals surface area contributed by atoms with Gasteiger partial charge in [-0.25, -0.2) is 14.5 Å². The number of aliphatic imine (C=N–C) groups is 4. The summed E-state index contributed by atoms with van der Waals surface area (Å²) in [5, 5.41) is 6.19. The average molecular weight is 560 g/mol. The Morgan fingerprint density at radius 2 is 1.49 bits per heavy atom. The third-order valence-corrected chi connectivity index (χ3v) is 9.31. The highest BCUT2D eigenvalue weighted by molar-refractivity contribution is 6.31. The van der Waals surface area contributed by atoms with Gasteiger partial charge in [0.05, 0.1) is 11.1 Å². The van der Waals surface area contributed by atoms with Crippen LogP contribution in [0.5, 0.6) is 0 Å². The van der Waals surface area contributed by atoms with E-state index in [4.69, 9.17) is 20.0 Å². The number of hydrogen-bond acceptors (Lipinski definition) is 5. The molecule has 8 nitrogen and oxygen atoms in total. The molecule has 10 rings (SSSR count). The van der Waals surface area contributed by atoms with Gasteiger partial charge in [-0.3, -0.25) is 10.3 Å². The van der Waals surface area contributed by atoms with E-state index >= 15 is 0 Å². The molecule has 0 bridgehead atoms. The van der Waals surface area contributed by atoms with Crippen LogP contribution in [0.3, 0.4) is 0 Å². The highest BCUT2D eigenvalue weighted by Crippen LogP contribution is 2.52. The summed E-state index contributed by atoms with van der Waals surface area (Å²) in [7, 11) is 0. The molecule has 1 spiro atoms. The molecule has 206 valence electrons. The Morgan fingerprint density at radius 3 is 2.26 bits per heavy atom.